The maximum absolute atomic E-state index is 13.0. The van der Waals surface area contributed by atoms with E-state index in [1.807, 2.05) is 6.07 Å². The number of rotatable bonds is 10. The summed E-state index contributed by atoms with van der Waals surface area (Å²) < 4.78 is 10.3. The molecule has 1 heterocycles. The van der Waals surface area contributed by atoms with Crippen molar-refractivity contribution in [1.82, 2.24) is 5.32 Å². The van der Waals surface area contributed by atoms with E-state index >= 15 is 0 Å². The number of unbranched alkanes of at least 4 members (excludes halogenated alkanes) is 3. The number of nitro groups is 1. The Morgan fingerprint density at radius 3 is 2.56 bits per heavy atom. The van der Waals surface area contributed by atoms with E-state index in [2.05, 4.69) is 21.2 Å². The van der Waals surface area contributed by atoms with Gasteiger partial charge in [-0.25, -0.2) is 9.59 Å². The maximum atomic E-state index is 13.0. The number of methoxy groups -OCH3 is 1. The summed E-state index contributed by atoms with van der Waals surface area (Å²) in [7, 11) is 1.16. The van der Waals surface area contributed by atoms with Crippen molar-refractivity contribution in [2.45, 2.75) is 38.5 Å². The Morgan fingerprint density at radius 2 is 1.94 bits per heavy atom. The number of hydrogen-bond acceptors (Lipinski definition) is 8. The highest BCUT2D eigenvalue weighted by Gasteiger charge is 2.39. The minimum absolute atomic E-state index is 0.0859. The summed E-state index contributed by atoms with van der Waals surface area (Å²) in [6, 6.07) is 7.50. The Bertz CT molecular complexity index is 996. The van der Waals surface area contributed by atoms with E-state index in [9.17, 15) is 25.0 Å². The van der Waals surface area contributed by atoms with Crippen molar-refractivity contribution in [3.8, 4) is 6.07 Å². The van der Waals surface area contributed by atoms with Gasteiger partial charge in [-0.2, -0.15) is 5.26 Å². The third-order valence-corrected chi connectivity index (χ3v) is 5.54. The zero-order valence-corrected chi connectivity index (χ0v) is 19.4. The Hall–Kier alpha value is -3.19. The van der Waals surface area contributed by atoms with Gasteiger partial charge in [0.05, 0.1) is 35.7 Å². The van der Waals surface area contributed by atoms with Crippen molar-refractivity contribution in [3.05, 3.63) is 62.5 Å². The molecule has 2 rings (SSSR count). The number of esters is 2. The SMILES string of the molecule is COC(=O)C1=C(C#N)NC(C)=C(C(=O)OCCCCCCBr)C1c1cccc([N+](=O)[O-])c1. The molecule has 32 heavy (non-hydrogen) atoms. The molecule has 9 nitrogen and oxygen atoms in total. The molecule has 1 aliphatic heterocycles. The number of carbonyl (C=O) groups is 2. The topological polar surface area (TPSA) is 132 Å². The zero-order valence-electron chi connectivity index (χ0n) is 17.9. The number of benzene rings is 1. The van der Waals surface area contributed by atoms with Crippen LogP contribution >= 0.6 is 15.9 Å². The normalized spacial score (nSPS) is 15.6. The van der Waals surface area contributed by atoms with Gasteiger partial charge >= 0.3 is 11.9 Å². The lowest BCUT2D eigenvalue weighted by Crippen LogP contribution is -2.32. The standard InChI is InChI=1S/C22H24BrN3O6/c1-14-18(22(28)32-11-6-4-3-5-10-23)19(15-8-7-9-16(12-15)26(29)30)20(21(27)31-2)17(13-24)25-14/h7-9,12,19,25H,3-6,10-11H2,1-2H3. The Balaban J connectivity index is 2.45. The molecule has 1 aromatic rings. The Kier molecular flexibility index (Phi) is 9.40. The summed E-state index contributed by atoms with van der Waals surface area (Å²) in [4.78, 5) is 36.3. The van der Waals surface area contributed by atoms with Crippen molar-refractivity contribution < 1.29 is 24.0 Å². The van der Waals surface area contributed by atoms with Crippen molar-refractivity contribution in [1.29, 1.82) is 5.26 Å². The van der Waals surface area contributed by atoms with Crippen LogP contribution in [-0.4, -0.2) is 35.9 Å². The van der Waals surface area contributed by atoms with E-state index in [-0.39, 0.29) is 29.1 Å². The van der Waals surface area contributed by atoms with Crippen LogP contribution in [0.3, 0.4) is 0 Å². The highest BCUT2D eigenvalue weighted by molar-refractivity contribution is 9.09. The van der Waals surface area contributed by atoms with Crippen LogP contribution in [0.25, 0.3) is 0 Å². The number of allylic oxidation sites excluding steroid dienone is 2. The van der Waals surface area contributed by atoms with Crippen LogP contribution in [0.4, 0.5) is 5.69 Å². The van der Waals surface area contributed by atoms with Gasteiger partial charge in [0.1, 0.15) is 11.8 Å². The van der Waals surface area contributed by atoms with Crippen LogP contribution in [-0.2, 0) is 19.1 Å². The summed E-state index contributed by atoms with van der Waals surface area (Å²) in [5, 5.41) is 24.6. The number of alkyl halides is 1. The number of non-ortho nitro benzene ring substituents is 1. The molecule has 10 heteroatoms. The Morgan fingerprint density at radius 1 is 1.22 bits per heavy atom. The molecule has 0 amide bonds. The number of halogens is 1. The van der Waals surface area contributed by atoms with Crippen LogP contribution < -0.4 is 5.32 Å². The van der Waals surface area contributed by atoms with E-state index in [4.69, 9.17) is 9.47 Å². The van der Waals surface area contributed by atoms with Crippen molar-refractivity contribution in [2.24, 2.45) is 0 Å². The summed E-state index contributed by atoms with van der Waals surface area (Å²) in [6.45, 7) is 1.78. The predicted molar refractivity (Wildman–Crippen MR) is 120 cm³/mol. The van der Waals surface area contributed by atoms with E-state index in [0.717, 1.165) is 31.7 Å². The van der Waals surface area contributed by atoms with Gasteiger partial charge in [0.15, 0.2) is 0 Å². The molecule has 0 radical (unpaired) electrons. The molecule has 1 aliphatic rings. The summed E-state index contributed by atoms with van der Waals surface area (Å²) >= 11 is 3.37. The Labute approximate surface area is 194 Å². The van der Waals surface area contributed by atoms with Crippen molar-refractivity contribution in [3.63, 3.8) is 0 Å². The largest absolute Gasteiger partial charge is 0.466 e. The number of dihydropyridines is 1. The van der Waals surface area contributed by atoms with E-state index < -0.39 is 22.8 Å². The first-order valence-electron chi connectivity index (χ1n) is 10.0. The molecule has 0 aromatic heterocycles. The monoisotopic (exact) mass is 505 g/mol. The molecule has 0 saturated carbocycles. The number of hydrogen-bond donors (Lipinski definition) is 1. The van der Waals surface area contributed by atoms with Gasteiger partial charge in [0, 0.05) is 23.2 Å². The van der Waals surface area contributed by atoms with Gasteiger partial charge in [-0.05, 0) is 25.3 Å². The molecular formula is C22H24BrN3O6. The fraction of sp³-hybridized carbons (Fsp3) is 0.409. The molecule has 0 fully saturated rings. The molecule has 0 spiro atoms. The molecular weight excluding hydrogens is 482 g/mol. The van der Waals surface area contributed by atoms with E-state index in [1.165, 1.54) is 18.2 Å². The first kappa shape index (κ1) is 25.1. The predicted octanol–water partition coefficient (Wildman–Crippen LogP) is 4.00. The minimum Gasteiger partial charge on any atom is -0.466 e. The lowest BCUT2D eigenvalue weighted by molar-refractivity contribution is -0.384. The lowest BCUT2D eigenvalue weighted by Gasteiger charge is -2.29. The molecule has 0 saturated heterocycles. The average molecular weight is 506 g/mol. The average Bonchev–Trinajstić information content (AvgIpc) is 2.79. The van der Waals surface area contributed by atoms with Crippen molar-refractivity contribution >= 4 is 33.6 Å². The number of carbonyl (C=O) groups excluding carboxylic acids is 2. The smallest absolute Gasteiger partial charge is 0.337 e. The molecule has 1 unspecified atom stereocenters. The number of nitrogens with one attached hydrogen (secondary N) is 1. The van der Waals surface area contributed by atoms with Gasteiger partial charge < -0.3 is 14.8 Å². The summed E-state index contributed by atoms with van der Waals surface area (Å²) in [5.74, 6) is -2.54. The molecule has 170 valence electrons. The minimum atomic E-state index is -1.06. The number of nitriles is 1. The van der Waals surface area contributed by atoms with Crippen LogP contribution in [0.15, 0.2) is 46.8 Å². The van der Waals surface area contributed by atoms with Gasteiger partial charge in [-0.1, -0.05) is 40.9 Å². The van der Waals surface area contributed by atoms with Crippen LogP contribution in [0.1, 0.15) is 44.1 Å². The number of ether oxygens (including phenoxy) is 2. The van der Waals surface area contributed by atoms with Gasteiger partial charge in [0.25, 0.3) is 5.69 Å². The molecule has 1 aromatic carbocycles. The summed E-state index contributed by atoms with van der Waals surface area (Å²) in [5.41, 5.74) is 0.335. The van der Waals surface area contributed by atoms with Crippen LogP contribution in [0.2, 0.25) is 0 Å². The zero-order chi connectivity index (χ0) is 23.7. The van der Waals surface area contributed by atoms with Gasteiger partial charge in [-0.15, -0.1) is 0 Å². The second kappa shape index (κ2) is 12.0. The fourth-order valence-corrected chi connectivity index (χ4v) is 3.86. The highest BCUT2D eigenvalue weighted by atomic mass is 79.9. The molecule has 1 N–H and O–H groups in total. The fourth-order valence-electron chi connectivity index (χ4n) is 3.46. The lowest BCUT2D eigenvalue weighted by atomic mass is 9.80. The van der Waals surface area contributed by atoms with E-state index in [0.29, 0.717) is 17.7 Å². The molecule has 0 aliphatic carbocycles. The van der Waals surface area contributed by atoms with Crippen LogP contribution in [0, 0.1) is 21.4 Å². The van der Waals surface area contributed by atoms with Gasteiger partial charge in [-0.3, -0.25) is 10.1 Å². The first-order chi connectivity index (χ1) is 15.3. The quantitative estimate of drug-likeness (QED) is 0.166. The number of nitrogens with zero attached hydrogens (tertiary/aromatic N) is 2. The highest BCUT2D eigenvalue weighted by Crippen LogP contribution is 2.40. The first-order valence-corrected chi connectivity index (χ1v) is 11.2. The summed E-state index contributed by atoms with van der Waals surface area (Å²) in [6.07, 6.45) is 3.61. The molecule has 1 atom stereocenters. The maximum Gasteiger partial charge on any atom is 0.337 e. The second-order valence-electron chi connectivity index (χ2n) is 7.08. The third-order valence-electron chi connectivity index (χ3n) is 4.98. The molecule has 0 bridgehead atoms. The number of nitro benzene ring substituents is 1. The second-order valence-corrected chi connectivity index (χ2v) is 7.87. The van der Waals surface area contributed by atoms with E-state index in [1.54, 1.807) is 13.0 Å². The third kappa shape index (κ3) is 5.95. The van der Waals surface area contributed by atoms with Crippen molar-refractivity contribution in [2.75, 3.05) is 19.0 Å². The van der Waals surface area contributed by atoms with Gasteiger partial charge in [0.2, 0.25) is 0 Å². The van der Waals surface area contributed by atoms with Crippen LogP contribution in [0.5, 0.6) is 0 Å².